The minimum absolute atomic E-state index is 0.476. The standard InChI is InChI=1S/2C23H27.C12H9Si.Zr/c2*1-4-5-9-19-10-6-7-12-21(19)22-13-8-11-20-15-18(14-17(2)3)16-23(20)22;1-3-7-11-9(5-1)10-6-2-4-8-12(10)13-11;/h2*6-8,10-13,15-17H,4-5,9,14H2,1-3H3;1-7H,13H2;. The second-order valence-electron chi connectivity index (χ2n) is 18.8. The number of allylic oxidation sites excluding steroid dienone is 2. The number of rotatable bonds is 15. The van der Waals surface area contributed by atoms with Gasteiger partial charge in [-0.25, -0.2) is 0 Å². The Morgan fingerprint density at radius 2 is 0.933 bits per heavy atom. The molecule has 0 saturated heterocycles. The average Bonchev–Trinajstić information content (AvgIpc) is 3.94. The van der Waals surface area contributed by atoms with Crippen LogP contribution in [0.5, 0.6) is 0 Å². The van der Waals surface area contributed by atoms with Gasteiger partial charge >= 0.3 is 374 Å². The summed E-state index contributed by atoms with van der Waals surface area (Å²) in [5, 5.41) is 3.40. The van der Waals surface area contributed by atoms with Crippen LogP contribution in [0.2, 0.25) is 0 Å². The molecule has 1 aliphatic heterocycles. The van der Waals surface area contributed by atoms with Gasteiger partial charge in [0, 0.05) is 0 Å². The number of hydrogen-bond donors (Lipinski definition) is 0. The summed E-state index contributed by atoms with van der Waals surface area (Å²) in [7, 11) is -0.631. The Kier molecular flexibility index (Phi) is 12.4. The van der Waals surface area contributed by atoms with Gasteiger partial charge in [-0.15, -0.1) is 0 Å². The van der Waals surface area contributed by atoms with Gasteiger partial charge in [-0.1, -0.05) is 0 Å². The molecule has 0 spiro atoms. The molecule has 2 aliphatic carbocycles. The third-order valence-electron chi connectivity index (χ3n) is 13.6. The van der Waals surface area contributed by atoms with E-state index in [0.29, 0.717) is 19.1 Å². The van der Waals surface area contributed by atoms with Gasteiger partial charge in [0.2, 0.25) is 0 Å². The van der Waals surface area contributed by atoms with Crippen molar-refractivity contribution in [2.75, 3.05) is 0 Å². The average molecular weight is 879 g/mol. The predicted octanol–water partition coefficient (Wildman–Crippen LogP) is 13.4. The topological polar surface area (TPSA) is 0 Å². The second-order valence-corrected chi connectivity index (χ2v) is 27.0. The van der Waals surface area contributed by atoms with Gasteiger partial charge in [0.25, 0.3) is 0 Å². The van der Waals surface area contributed by atoms with Crippen LogP contribution in [0.15, 0.2) is 139 Å². The van der Waals surface area contributed by atoms with Crippen LogP contribution in [-0.4, -0.2) is 9.52 Å². The molecular weight excluding hydrogens is 816 g/mol. The third-order valence-corrected chi connectivity index (χ3v) is 25.7. The van der Waals surface area contributed by atoms with Crippen molar-refractivity contribution in [3.63, 3.8) is 0 Å². The Balaban J connectivity index is 1.30. The molecule has 2 heteroatoms. The number of aryl methyl sites for hydroxylation is 2. The molecule has 0 nitrogen and oxygen atoms in total. The van der Waals surface area contributed by atoms with Crippen LogP contribution in [0.1, 0.15) is 121 Å². The summed E-state index contributed by atoms with van der Waals surface area (Å²) in [6, 6.07) is 50.5. The summed E-state index contributed by atoms with van der Waals surface area (Å²) in [6.07, 6.45) is 14.9. The molecule has 0 radical (unpaired) electrons. The van der Waals surface area contributed by atoms with E-state index in [2.05, 4.69) is 181 Å². The number of hydrogen-bond acceptors (Lipinski definition) is 0. The van der Waals surface area contributed by atoms with Crippen LogP contribution < -0.4 is 13.6 Å². The van der Waals surface area contributed by atoms with Crippen molar-refractivity contribution in [2.45, 2.75) is 100 Å². The molecular formula is C58H63SiZr. The second kappa shape index (κ2) is 18.1. The van der Waals surface area contributed by atoms with Crippen molar-refractivity contribution >= 4 is 35.3 Å². The summed E-state index contributed by atoms with van der Waals surface area (Å²) >= 11 is -2.91. The van der Waals surface area contributed by atoms with E-state index in [4.69, 9.17) is 0 Å². The first-order valence-electron chi connectivity index (χ1n) is 23.3. The molecule has 9 rings (SSSR count). The van der Waals surface area contributed by atoms with Gasteiger partial charge in [-0.05, 0) is 0 Å². The summed E-state index contributed by atoms with van der Waals surface area (Å²) in [5.74, 6) is 1.18. The number of fused-ring (bicyclic) bond motifs is 5. The van der Waals surface area contributed by atoms with Gasteiger partial charge in [-0.3, -0.25) is 0 Å². The molecule has 3 aliphatic rings. The van der Waals surface area contributed by atoms with E-state index in [9.17, 15) is 0 Å². The maximum absolute atomic E-state index is 2.91. The Morgan fingerprint density at radius 3 is 1.45 bits per heavy atom. The molecule has 0 saturated carbocycles. The molecule has 60 heavy (non-hydrogen) atoms. The van der Waals surface area contributed by atoms with Gasteiger partial charge in [-0.2, -0.15) is 0 Å². The summed E-state index contributed by atoms with van der Waals surface area (Å²) in [5.41, 5.74) is 21.5. The van der Waals surface area contributed by atoms with Crippen LogP contribution >= 0.6 is 0 Å². The number of unbranched alkanes of at least 4 members (excludes halogenated alkanes) is 2. The van der Waals surface area contributed by atoms with Crippen molar-refractivity contribution in [3.05, 3.63) is 172 Å². The molecule has 2 atom stereocenters. The fourth-order valence-corrected chi connectivity index (χ4v) is 25.0. The zero-order valence-electron chi connectivity index (χ0n) is 37.0. The van der Waals surface area contributed by atoms with Gasteiger partial charge in [0.15, 0.2) is 0 Å². The van der Waals surface area contributed by atoms with Crippen molar-refractivity contribution < 1.29 is 21.8 Å². The van der Waals surface area contributed by atoms with E-state index in [0.717, 1.165) is 25.7 Å². The normalized spacial score (nSPS) is 16.5. The van der Waals surface area contributed by atoms with Crippen LogP contribution in [0.4, 0.5) is 0 Å². The molecule has 0 amide bonds. The number of benzene rings is 6. The molecule has 2 unspecified atom stereocenters. The van der Waals surface area contributed by atoms with Crippen LogP contribution in [0.3, 0.4) is 0 Å². The summed E-state index contributed by atoms with van der Waals surface area (Å²) in [4.78, 5) is 0. The van der Waals surface area contributed by atoms with Gasteiger partial charge in [0.1, 0.15) is 0 Å². The summed E-state index contributed by atoms with van der Waals surface area (Å²) in [6.45, 7) is 14.4. The SMILES string of the molecule is CCCCc1ccccc1-c1cccc2c1C=C(CC(C)C)[CH]2[Zr]([c]1cccc2c1[SiH2]c1ccccc1-2)[CH]1C(CC(C)C)=Cc2c(-c3ccccc3CCCC)cccc21. The minimum atomic E-state index is -2.91. The Labute approximate surface area is 371 Å². The molecule has 0 aromatic heterocycles. The van der Waals surface area contributed by atoms with E-state index in [-0.39, 0.29) is 0 Å². The third kappa shape index (κ3) is 7.82. The van der Waals surface area contributed by atoms with Crippen molar-refractivity contribution in [2.24, 2.45) is 11.8 Å². The van der Waals surface area contributed by atoms with E-state index >= 15 is 0 Å². The monoisotopic (exact) mass is 877 g/mol. The first kappa shape index (κ1) is 41.3. The van der Waals surface area contributed by atoms with E-state index in [1.165, 1.54) is 75.8 Å². The Bertz CT molecular complexity index is 2450. The molecule has 6 aromatic carbocycles. The molecule has 0 N–H and O–H groups in total. The van der Waals surface area contributed by atoms with Crippen LogP contribution in [0, 0.1) is 11.8 Å². The summed E-state index contributed by atoms with van der Waals surface area (Å²) < 4.78 is 2.76. The van der Waals surface area contributed by atoms with Gasteiger partial charge < -0.3 is 0 Å². The quantitative estimate of drug-likeness (QED) is 0.0900. The molecule has 6 aromatic rings. The van der Waals surface area contributed by atoms with Crippen LogP contribution in [0.25, 0.3) is 45.5 Å². The zero-order valence-corrected chi connectivity index (χ0v) is 40.8. The first-order chi connectivity index (χ1) is 29.4. The van der Waals surface area contributed by atoms with Crippen LogP contribution in [-0.2, 0) is 34.6 Å². The van der Waals surface area contributed by atoms with Crippen molar-refractivity contribution in [3.8, 4) is 33.4 Å². The maximum atomic E-state index is 2.73. The Hall–Kier alpha value is -4.10. The van der Waals surface area contributed by atoms with Crippen molar-refractivity contribution in [1.29, 1.82) is 0 Å². The zero-order chi connectivity index (χ0) is 41.3. The molecule has 0 bridgehead atoms. The predicted molar refractivity (Wildman–Crippen MR) is 261 cm³/mol. The first-order valence-corrected chi connectivity index (χ1v) is 28.7. The molecule has 1 heterocycles. The van der Waals surface area contributed by atoms with Crippen molar-refractivity contribution in [1.82, 2.24) is 0 Å². The fourth-order valence-electron chi connectivity index (χ4n) is 11.1. The molecule has 0 fully saturated rings. The van der Waals surface area contributed by atoms with E-state index in [1.54, 1.807) is 41.5 Å². The Morgan fingerprint density at radius 1 is 0.483 bits per heavy atom. The van der Waals surface area contributed by atoms with E-state index < -0.39 is 31.3 Å². The molecule has 303 valence electrons. The van der Waals surface area contributed by atoms with E-state index in [1.807, 2.05) is 0 Å². The van der Waals surface area contributed by atoms with Gasteiger partial charge in [0.05, 0.1) is 0 Å². The fraction of sp³-hybridized carbons (Fsp3) is 0.310.